The number of methoxy groups -OCH3 is 2. The third-order valence-electron chi connectivity index (χ3n) is 2.87. The fraction of sp³-hybridized carbons (Fsp3) is 0.846. The van der Waals surface area contributed by atoms with Gasteiger partial charge in [0.15, 0.2) is 0 Å². The molecule has 0 bridgehead atoms. The van der Waals surface area contributed by atoms with Crippen molar-refractivity contribution in [1.82, 2.24) is 4.90 Å². The molecule has 0 heterocycles. The number of carbonyl (C=O) groups is 2. The average Bonchev–Trinajstić information content (AvgIpc) is 2.32. The number of aliphatic carboxylic acids is 1. The van der Waals surface area contributed by atoms with Crippen molar-refractivity contribution in [1.29, 1.82) is 0 Å². The van der Waals surface area contributed by atoms with Crippen LogP contribution in [-0.2, 0) is 19.1 Å². The topological polar surface area (TPSA) is 76.1 Å². The van der Waals surface area contributed by atoms with Crippen LogP contribution in [0.5, 0.6) is 0 Å². The van der Waals surface area contributed by atoms with Crippen LogP contribution in [0, 0.1) is 5.41 Å². The molecule has 0 radical (unpaired) electrons. The number of hydrogen-bond donors (Lipinski definition) is 1. The summed E-state index contributed by atoms with van der Waals surface area (Å²) in [4.78, 5) is 24.8. The zero-order valence-electron chi connectivity index (χ0n) is 12.3. The number of amides is 1. The smallest absolute Gasteiger partial charge is 0.309 e. The SMILES string of the molecule is COCCCN(CCOC)C(=O)CC(C)(C)C(=O)O. The largest absolute Gasteiger partial charge is 0.481 e. The van der Waals surface area contributed by atoms with Crippen LogP contribution in [0.15, 0.2) is 0 Å². The standard InChI is InChI=1S/C13H25NO5/c1-13(2,12(16)17)10-11(15)14(7-9-19-4)6-5-8-18-3/h5-10H2,1-4H3,(H,16,17). The molecule has 0 unspecified atom stereocenters. The molecule has 0 aromatic carbocycles. The Kier molecular flexibility index (Phi) is 8.34. The lowest BCUT2D eigenvalue weighted by atomic mass is 9.89. The van der Waals surface area contributed by atoms with Gasteiger partial charge in [-0.2, -0.15) is 0 Å². The highest BCUT2D eigenvalue weighted by molar-refractivity contribution is 5.84. The second-order valence-electron chi connectivity index (χ2n) is 5.09. The fourth-order valence-corrected chi connectivity index (χ4v) is 1.53. The van der Waals surface area contributed by atoms with Gasteiger partial charge in [-0.3, -0.25) is 9.59 Å². The van der Waals surface area contributed by atoms with Crippen LogP contribution in [0.25, 0.3) is 0 Å². The van der Waals surface area contributed by atoms with Gasteiger partial charge in [-0.15, -0.1) is 0 Å². The highest BCUT2D eigenvalue weighted by atomic mass is 16.5. The van der Waals surface area contributed by atoms with Gasteiger partial charge in [-0.25, -0.2) is 0 Å². The van der Waals surface area contributed by atoms with E-state index < -0.39 is 11.4 Å². The van der Waals surface area contributed by atoms with Crippen LogP contribution >= 0.6 is 0 Å². The van der Waals surface area contributed by atoms with Crippen molar-refractivity contribution in [2.24, 2.45) is 5.41 Å². The molecular weight excluding hydrogens is 250 g/mol. The number of hydrogen-bond acceptors (Lipinski definition) is 4. The van der Waals surface area contributed by atoms with Gasteiger partial charge in [0.1, 0.15) is 0 Å². The van der Waals surface area contributed by atoms with Crippen LogP contribution in [-0.4, -0.2) is 62.4 Å². The molecule has 1 N–H and O–H groups in total. The van der Waals surface area contributed by atoms with Gasteiger partial charge in [0, 0.05) is 40.3 Å². The molecule has 0 fully saturated rings. The van der Waals surface area contributed by atoms with E-state index >= 15 is 0 Å². The first-order valence-electron chi connectivity index (χ1n) is 6.34. The van der Waals surface area contributed by atoms with E-state index in [1.165, 1.54) is 0 Å². The lowest BCUT2D eigenvalue weighted by Gasteiger charge is -2.26. The third kappa shape index (κ3) is 7.12. The molecule has 0 aromatic heterocycles. The zero-order valence-corrected chi connectivity index (χ0v) is 12.3. The van der Waals surface area contributed by atoms with Gasteiger partial charge in [0.2, 0.25) is 5.91 Å². The van der Waals surface area contributed by atoms with Gasteiger partial charge >= 0.3 is 5.97 Å². The third-order valence-corrected chi connectivity index (χ3v) is 2.87. The molecule has 0 aromatic rings. The summed E-state index contributed by atoms with van der Waals surface area (Å²) in [5, 5.41) is 9.05. The van der Waals surface area contributed by atoms with E-state index in [0.29, 0.717) is 26.3 Å². The van der Waals surface area contributed by atoms with Crippen molar-refractivity contribution in [2.75, 3.05) is 40.5 Å². The fourth-order valence-electron chi connectivity index (χ4n) is 1.53. The Hall–Kier alpha value is -1.14. The van der Waals surface area contributed by atoms with Crippen molar-refractivity contribution < 1.29 is 24.2 Å². The van der Waals surface area contributed by atoms with Gasteiger partial charge in [-0.1, -0.05) is 0 Å². The molecule has 0 spiro atoms. The summed E-state index contributed by atoms with van der Waals surface area (Å²) in [5.74, 6) is -1.13. The normalized spacial score (nSPS) is 11.4. The number of nitrogens with zero attached hydrogens (tertiary/aromatic N) is 1. The maximum absolute atomic E-state index is 12.1. The molecule has 0 aliphatic rings. The predicted molar refractivity (Wildman–Crippen MR) is 71.0 cm³/mol. The van der Waals surface area contributed by atoms with Crippen molar-refractivity contribution in [3.63, 3.8) is 0 Å². The lowest BCUT2D eigenvalue weighted by Crippen LogP contribution is -2.39. The molecule has 6 heteroatoms. The summed E-state index contributed by atoms with van der Waals surface area (Å²) in [6, 6.07) is 0. The number of rotatable bonds is 10. The summed E-state index contributed by atoms with van der Waals surface area (Å²) in [6.07, 6.45) is 0.707. The number of carboxylic acid groups (broad SMARTS) is 1. The van der Waals surface area contributed by atoms with Crippen LogP contribution in [0.2, 0.25) is 0 Å². The molecule has 0 aliphatic carbocycles. The number of carbonyl (C=O) groups excluding carboxylic acids is 1. The van der Waals surface area contributed by atoms with E-state index in [-0.39, 0.29) is 12.3 Å². The van der Waals surface area contributed by atoms with Gasteiger partial charge in [0.25, 0.3) is 0 Å². The second-order valence-corrected chi connectivity index (χ2v) is 5.09. The minimum absolute atomic E-state index is 0.0149. The van der Waals surface area contributed by atoms with Gasteiger partial charge in [-0.05, 0) is 20.3 Å². The summed E-state index contributed by atoms with van der Waals surface area (Å²) < 4.78 is 9.92. The monoisotopic (exact) mass is 275 g/mol. The van der Waals surface area contributed by atoms with Crippen LogP contribution in [0.3, 0.4) is 0 Å². The maximum atomic E-state index is 12.1. The summed E-state index contributed by atoms with van der Waals surface area (Å²) in [5.41, 5.74) is -1.05. The highest BCUT2D eigenvalue weighted by Crippen LogP contribution is 2.21. The van der Waals surface area contributed by atoms with E-state index in [0.717, 1.165) is 6.42 Å². The van der Waals surface area contributed by atoms with Crippen molar-refractivity contribution >= 4 is 11.9 Å². The van der Waals surface area contributed by atoms with E-state index in [4.69, 9.17) is 14.6 Å². The molecule has 112 valence electrons. The lowest BCUT2D eigenvalue weighted by molar-refractivity contribution is -0.151. The van der Waals surface area contributed by atoms with Gasteiger partial charge < -0.3 is 19.5 Å². The van der Waals surface area contributed by atoms with E-state index in [9.17, 15) is 9.59 Å². The number of carboxylic acids is 1. The van der Waals surface area contributed by atoms with E-state index in [2.05, 4.69) is 0 Å². The quantitative estimate of drug-likeness (QED) is 0.602. The molecule has 0 atom stereocenters. The Bertz CT molecular complexity index is 291. The molecule has 0 aliphatic heterocycles. The Morgan fingerprint density at radius 1 is 1.11 bits per heavy atom. The van der Waals surface area contributed by atoms with Gasteiger partial charge in [0.05, 0.1) is 12.0 Å². The molecule has 1 amide bonds. The molecule has 0 saturated heterocycles. The Labute approximate surface area is 114 Å². The number of ether oxygens (including phenoxy) is 2. The highest BCUT2D eigenvalue weighted by Gasteiger charge is 2.31. The van der Waals surface area contributed by atoms with Crippen LogP contribution in [0.1, 0.15) is 26.7 Å². The molecule has 19 heavy (non-hydrogen) atoms. The molecular formula is C13H25NO5. The van der Waals surface area contributed by atoms with Crippen LogP contribution in [0.4, 0.5) is 0 Å². The first-order valence-corrected chi connectivity index (χ1v) is 6.34. The minimum atomic E-state index is -1.05. The van der Waals surface area contributed by atoms with Crippen molar-refractivity contribution in [3.8, 4) is 0 Å². The summed E-state index contributed by atoms with van der Waals surface area (Å²) >= 11 is 0. The van der Waals surface area contributed by atoms with E-state index in [1.54, 1.807) is 33.0 Å². The zero-order chi connectivity index (χ0) is 14.9. The second kappa shape index (κ2) is 8.87. The van der Waals surface area contributed by atoms with Crippen molar-refractivity contribution in [3.05, 3.63) is 0 Å². The Morgan fingerprint density at radius 3 is 2.16 bits per heavy atom. The average molecular weight is 275 g/mol. The summed E-state index contributed by atoms with van der Waals surface area (Å²) in [6.45, 7) is 5.12. The molecule has 0 rings (SSSR count). The Balaban J connectivity index is 4.47. The molecule has 6 nitrogen and oxygen atoms in total. The van der Waals surface area contributed by atoms with Crippen molar-refractivity contribution in [2.45, 2.75) is 26.7 Å². The first-order chi connectivity index (χ1) is 8.85. The molecule has 0 saturated carbocycles. The first kappa shape index (κ1) is 17.9. The minimum Gasteiger partial charge on any atom is -0.481 e. The summed E-state index contributed by atoms with van der Waals surface area (Å²) in [7, 11) is 3.17. The predicted octanol–water partition coefficient (Wildman–Crippen LogP) is 0.999. The Morgan fingerprint density at radius 2 is 1.68 bits per heavy atom. The van der Waals surface area contributed by atoms with E-state index in [1.807, 2.05) is 0 Å². The van der Waals surface area contributed by atoms with Crippen LogP contribution < -0.4 is 0 Å². The maximum Gasteiger partial charge on any atom is 0.309 e.